The highest BCUT2D eigenvalue weighted by Crippen LogP contribution is 2.31. The lowest BCUT2D eigenvalue weighted by Gasteiger charge is -2.20. The van der Waals surface area contributed by atoms with Crippen molar-refractivity contribution in [1.82, 2.24) is 5.43 Å². The molecule has 0 amide bonds. The van der Waals surface area contributed by atoms with Crippen molar-refractivity contribution in [2.45, 2.75) is 6.04 Å². The first-order valence-corrected chi connectivity index (χ1v) is 5.82. The molecular formula is C14H16FN3O. The van der Waals surface area contributed by atoms with Crippen LogP contribution in [0.1, 0.15) is 17.2 Å². The summed E-state index contributed by atoms with van der Waals surface area (Å²) >= 11 is 0. The lowest BCUT2D eigenvalue weighted by atomic mass is 9.97. The summed E-state index contributed by atoms with van der Waals surface area (Å²) in [6, 6.07) is 11.6. The molecule has 5 heteroatoms. The predicted octanol–water partition coefficient (Wildman–Crippen LogP) is 1.97. The third-order valence-corrected chi connectivity index (χ3v) is 3.00. The molecule has 4 nitrogen and oxygen atoms in total. The second-order valence-electron chi connectivity index (χ2n) is 4.09. The van der Waals surface area contributed by atoms with E-state index in [1.807, 2.05) is 12.1 Å². The third kappa shape index (κ3) is 2.52. The Morgan fingerprint density at radius 3 is 2.42 bits per heavy atom. The molecule has 0 radical (unpaired) electrons. The Bertz CT molecular complexity index is 574. The van der Waals surface area contributed by atoms with E-state index in [4.69, 9.17) is 16.3 Å². The molecule has 0 fully saturated rings. The molecule has 5 N–H and O–H groups in total. The molecular weight excluding hydrogens is 245 g/mol. The van der Waals surface area contributed by atoms with Crippen LogP contribution in [0, 0.1) is 5.82 Å². The van der Waals surface area contributed by atoms with E-state index in [2.05, 4.69) is 5.43 Å². The molecule has 1 unspecified atom stereocenters. The third-order valence-electron chi connectivity index (χ3n) is 3.00. The molecule has 0 aliphatic rings. The van der Waals surface area contributed by atoms with Crippen molar-refractivity contribution in [3.8, 4) is 5.75 Å². The molecule has 0 aliphatic heterocycles. The number of anilines is 1. The Morgan fingerprint density at radius 1 is 1.11 bits per heavy atom. The Kier molecular flexibility index (Phi) is 3.99. The van der Waals surface area contributed by atoms with Crippen LogP contribution >= 0.6 is 0 Å². The monoisotopic (exact) mass is 261 g/mol. The van der Waals surface area contributed by atoms with E-state index in [1.165, 1.54) is 7.11 Å². The molecule has 0 aromatic heterocycles. The van der Waals surface area contributed by atoms with Gasteiger partial charge in [0.05, 0.1) is 13.2 Å². The number of para-hydroxylation sites is 1. The van der Waals surface area contributed by atoms with E-state index < -0.39 is 11.9 Å². The molecule has 2 aromatic carbocycles. The molecule has 19 heavy (non-hydrogen) atoms. The van der Waals surface area contributed by atoms with Gasteiger partial charge in [-0.15, -0.1) is 0 Å². The summed E-state index contributed by atoms with van der Waals surface area (Å²) in [5.74, 6) is 5.28. The molecule has 2 rings (SSSR count). The van der Waals surface area contributed by atoms with Gasteiger partial charge in [-0.25, -0.2) is 9.82 Å². The quantitative estimate of drug-likeness (QED) is 0.447. The van der Waals surface area contributed by atoms with Crippen molar-refractivity contribution in [3.05, 3.63) is 59.4 Å². The van der Waals surface area contributed by atoms with Crippen molar-refractivity contribution in [1.29, 1.82) is 0 Å². The first kappa shape index (κ1) is 13.3. The van der Waals surface area contributed by atoms with Gasteiger partial charge < -0.3 is 10.5 Å². The number of nitrogens with two attached hydrogens (primary N) is 2. The van der Waals surface area contributed by atoms with Crippen LogP contribution in [0.3, 0.4) is 0 Å². The largest absolute Gasteiger partial charge is 0.494 e. The number of hydrazine groups is 1. The van der Waals surface area contributed by atoms with Crippen molar-refractivity contribution >= 4 is 5.69 Å². The molecule has 0 heterocycles. The Morgan fingerprint density at radius 2 is 1.79 bits per heavy atom. The minimum atomic E-state index is -0.531. The summed E-state index contributed by atoms with van der Waals surface area (Å²) in [5.41, 5.74) is 10.2. The van der Waals surface area contributed by atoms with Crippen LogP contribution in [-0.4, -0.2) is 7.11 Å². The zero-order valence-corrected chi connectivity index (χ0v) is 10.6. The summed E-state index contributed by atoms with van der Waals surface area (Å²) in [6.07, 6.45) is 0. The molecule has 0 saturated heterocycles. The maximum atomic E-state index is 14.3. The molecule has 2 aromatic rings. The average molecular weight is 261 g/mol. The number of ether oxygens (including phenoxy) is 1. The van der Waals surface area contributed by atoms with Crippen molar-refractivity contribution in [2.75, 3.05) is 12.8 Å². The van der Waals surface area contributed by atoms with Crippen LogP contribution < -0.4 is 21.7 Å². The van der Waals surface area contributed by atoms with Gasteiger partial charge in [0.25, 0.3) is 0 Å². The maximum absolute atomic E-state index is 14.3. The zero-order chi connectivity index (χ0) is 13.8. The highest BCUT2D eigenvalue weighted by Gasteiger charge is 2.20. The van der Waals surface area contributed by atoms with Crippen LogP contribution in [0.25, 0.3) is 0 Å². The Labute approximate surface area is 111 Å². The number of nitrogens with one attached hydrogen (secondary N) is 1. The topological polar surface area (TPSA) is 73.3 Å². The molecule has 0 saturated carbocycles. The van der Waals surface area contributed by atoms with Gasteiger partial charge in [0.15, 0.2) is 11.6 Å². The number of halogens is 1. The van der Waals surface area contributed by atoms with Gasteiger partial charge in [-0.05, 0) is 17.7 Å². The zero-order valence-electron chi connectivity index (χ0n) is 10.6. The van der Waals surface area contributed by atoms with Gasteiger partial charge in [-0.3, -0.25) is 5.84 Å². The molecule has 100 valence electrons. The summed E-state index contributed by atoms with van der Waals surface area (Å²) in [7, 11) is 1.42. The van der Waals surface area contributed by atoms with Gasteiger partial charge in [0.2, 0.25) is 0 Å². The van der Waals surface area contributed by atoms with Crippen molar-refractivity contribution in [2.24, 2.45) is 5.84 Å². The molecule has 0 aliphatic carbocycles. The van der Waals surface area contributed by atoms with Crippen LogP contribution in [0.15, 0.2) is 42.5 Å². The van der Waals surface area contributed by atoms with Crippen molar-refractivity contribution < 1.29 is 9.13 Å². The first-order valence-electron chi connectivity index (χ1n) is 5.82. The SMILES string of the molecule is COc1cccc(C(NN)c2ccccc2N)c1F. The van der Waals surface area contributed by atoms with Crippen molar-refractivity contribution in [3.63, 3.8) is 0 Å². The smallest absolute Gasteiger partial charge is 0.170 e. The summed E-state index contributed by atoms with van der Waals surface area (Å²) in [5, 5.41) is 0. The number of rotatable bonds is 4. The Balaban J connectivity index is 2.52. The number of hydrogen-bond acceptors (Lipinski definition) is 4. The van der Waals surface area contributed by atoms with Crippen LogP contribution in [0.2, 0.25) is 0 Å². The first-order chi connectivity index (χ1) is 9.19. The highest BCUT2D eigenvalue weighted by atomic mass is 19.1. The number of methoxy groups -OCH3 is 1. The standard InChI is InChI=1S/C14H16FN3O/c1-19-12-8-4-6-10(13(12)15)14(18-17)9-5-2-3-7-11(9)16/h2-8,14,18H,16-17H2,1H3. The number of hydrogen-bond donors (Lipinski definition) is 3. The van der Waals surface area contributed by atoms with Gasteiger partial charge >= 0.3 is 0 Å². The lowest BCUT2D eigenvalue weighted by molar-refractivity contribution is 0.382. The van der Waals surface area contributed by atoms with Gasteiger partial charge in [0, 0.05) is 11.3 Å². The fourth-order valence-electron chi connectivity index (χ4n) is 2.03. The second kappa shape index (κ2) is 5.69. The summed E-state index contributed by atoms with van der Waals surface area (Å²) in [6.45, 7) is 0. The highest BCUT2D eigenvalue weighted by molar-refractivity contribution is 5.52. The molecule has 0 spiro atoms. The summed E-state index contributed by atoms with van der Waals surface area (Å²) in [4.78, 5) is 0. The Hall–Kier alpha value is -2.11. The van der Waals surface area contributed by atoms with E-state index in [9.17, 15) is 4.39 Å². The fraction of sp³-hybridized carbons (Fsp3) is 0.143. The van der Waals surface area contributed by atoms with Crippen LogP contribution in [0.5, 0.6) is 5.75 Å². The van der Waals surface area contributed by atoms with E-state index in [-0.39, 0.29) is 5.75 Å². The normalized spacial score (nSPS) is 12.2. The molecule has 1 atom stereocenters. The maximum Gasteiger partial charge on any atom is 0.170 e. The van der Waals surface area contributed by atoms with E-state index in [0.29, 0.717) is 11.3 Å². The van der Waals surface area contributed by atoms with E-state index in [1.54, 1.807) is 30.3 Å². The van der Waals surface area contributed by atoms with Crippen LogP contribution in [-0.2, 0) is 0 Å². The van der Waals surface area contributed by atoms with Gasteiger partial charge in [-0.1, -0.05) is 30.3 Å². The lowest BCUT2D eigenvalue weighted by Crippen LogP contribution is -2.30. The fourth-order valence-corrected chi connectivity index (χ4v) is 2.03. The predicted molar refractivity (Wildman–Crippen MR) is 73.0 cm³/mol. The van der Waals surface area contributed by atoms with E-state index >= 15 is 0 Å². The number of benzene rings is 2. The molecule has 0 bridgehead atoms. The van der Waals surface area contributed by atoms with Gasteiger partial charge in [-0.2, -0.15) is 0 Å². The van der Waals surface area contributed by atoms with Crippen LogP contribution in [0.4, 0.5) is 10.1 Å². The minimum absolute atomic E-state index is 0.173. The average Bonchev–Trinajstić information content (AvgIpc) is 2.43. The second-order valence-corrected chi connectivity index (χ2v) is 4.09. The van der Waals surface area contributed by atoms with Gasteiger partial charge in [0.1, 0.15) is 0 Å². The number of nitrogen functional groups attached to an aromatic ring is 1. The minimum Gasteiger partial charge on any atom is -0.494 e. The summed E-state index contributed by atoms with van der Waals surface area (Å²) < 4.78 is 19.2. The van der Waals surface area contributed by atoms with E-state index in [0.717, 1.165) is 5.56 Å².